The van der Waals surface area contributed by atoms with E-state index in [4.69, 9.17) is 10.3 Å². The summed E-state index contributed by atoms with van der Waals surface area (Å²) >= 11 is 0. The molecule has 0 amide bonds. The van der Waals surface area contributed by atoms with Crippen LogP contribution in [0.25, 0.3) is 11.5 Å². The molecule has 1 heterocycles. The van der Waals surface area contributed by atoms with Crippen molar-refractivity contribution in [3.05, 3.63) is 30.1 Å². The molecule has 17 heavy (non-hydrogen) atoms. The summed E-state index contributed by atoms with van der Waals surface area (Å²) in [6, 6.07) is 7.70. The molecule has 2 aromatic rings. The fourth-order valence-electron chi connectivity index (χ4n) is 1.44. The first-order chi connectivity index (χ1) is 8.08. The molecule has 1 atom stereocenters. The third kappa shape index (κ3) is 2.45. The molecule has 90 valence electrons. The van der Waals surface area contributed by atoms with Gasteiger partial charge in [-0.3, -0.25) is 0 Å². The van der Waals surface area contributed by atoms with Crippen molar-refractivity contribution in [3.8, 4) is 11.5 Å². The number of benzene rings is 1. The average molecular weight is 232 g/mol. The van der Waals surface area contributed by atoms with Crippen LogP contribution in [0.3, 0.4) is 0 Å². The Morgan fingerprint density at radius 2 is 1.88 bits per heavy atom. The lowest BCUT2D eigenvalue weighted by molar-refractivity contribution is 0.418. The van der Waals surface area contributed by atoms with Crippen LogP contribution < -0.4 is 10.6 Å². The largest absolute Gasteiger partial charge is 0.378 e. The van der Waals surface area contributed by atoms with Crippen molar-refractivity contribution in [3.63, 3.8) is 0 Å². The Hall–Kier alpha value is -1.88. The number of aromatic nitrogens is 2. The highest BCUT2D eigenvalue weighted by molar-refractivity contribution is 5.58. The van der Waals surface area contributed by atoms with Gasteiger partial charge < -0.3 is 15.2 Å². The van der Waals surface area contributed by atoms with Crippen LogP contribution in [-0.4, -0.2) is 24.2 Å². The molecule has 0 saturated heterocycles. The second kappa shape index (κ2) is 4.55. The van der Waals surface area contributed by atoms with Gasteiger partial charge in [0.15, 0.2) is 5.82 Å². The number of nitrogens with two attached hydrogens (primary N) is 1. The van der Waals surface area contributed by atoms with Crippen LogP contribution in [0.15, 0.2) is 28.8 Å². The monoisotopic (exact) mass is 232 g/mol. The van der Waals surface area contributed by atoms with Crippen LogP contribution >= 0.6 is 0 Å². The second-order valence-corrected chi connectivity index (χ2v) is 4.19. The van der Waals surface area contributed by atoms with Crippen molar-refractivity contribution in [2.45, 2.75) is 13.0 Å². The van der Waals surface area contributed by atoms with E-state index in [1.54, 1.807) is 0 Å². The second-order valence-electron chi connectivity index (χ2n) is 4.19. The minimum atomic E-state index is -0.214. The molecule has 0 aliphatic rings. The maximum absolute atomic E-state index is 5.68. The molecule has 0 spiro atoms. The van der Waals surface area contributed by atoms with E-state index in [1.807, 2.05) is 50.2 Å². The first-order valence-corrected chi connectivity index (χ1v) is 5.45. The molecule has 0 bridgehead atoms. The molecule has 0 saturated carbocycles. The normalized spacial score (nSPS) is 12.5. The van der Waals surface area contributed by atoms with E-state index in [0.717, 1.165) is 11.3 Å². The Labute approximate surface area is 100 Å². The maximum Gasteiger partial charge on any atom is 0.257 e. The van der Waals surface area contributed by atoms with E-state index >= 15 is 0 Å². The predicted molar refractivity (Wildman–Crippen MR) is 66.7 cm³/mol. The summed E-state index contributed by atoms with van der Waals surface area (Å²) in [6.07, 6.45) is 0. The highest BCUT2D eigenvalue weighted by atomic mass is 16.5. The van der Waals surface area contributed by atoms with Crippen LogP contribution in [0.4, 0.5) is 5.69 Å². The van der Waals surface area contributed by atoms with E-state index in [1.165, 1.54) is 0 Å². The first kappa shape index (κ1) is 11.6. The van der Waals surface area contributed by atoms with E-state index in [-0.39, 0.29) is 6.04 Å². The van der Waals surface area contributed by atoms with Gasteiger partial charge >= 0.3 is 0 Å². The van der Waals surface area contributed by atoms with E-state index in [0.29, 0.717) is 11.7 Å². The van der Waals surface area contributed by atoms with Crippen LogP contribution in [0.2, 0.25) is 0 Å². The lowest BCUT2D eigenvalue weighted by Gasteiger charge is -2.11. The van der Waals surface area contributed by atoms with Gasteiger partial charge in [-0.15, -0.1) is 0 Å². The Morgan fingerprint density at radius 3 is 2.35 bits per heavy atom. The van der Waals surface area contributed by atoms with Crippen molar-refractivity contribution in [1.29, 1.82) is 0 Å². The summed E-state index contributed by atoms with van der Waals surface area (Å²) in [4.78, 5) is 6.27. The molecule has 0 fully saturated rings. The minimum Gasteiger partial charge on any atom is -0.378 e. The average Bonchev–Trinajstić information content (AvgIpc) is 2.78. The summed E-state index contributed by atoms with van der Waals surface area (Å²) in [5, 5.41) is 3.83. The number of hydrogen-bond acceptors (Lipinski definition) is 5. The Kier molecular flexibility index (Phi) is 3.10. The molecule has 5 nitrogen and oxygen atoms in total. The topological polar surface area (TPSA) is 68.2 Å². The van der Waals surface area contributed by atoms with Gasteiger partial charge in [-0.05, 0) is 31.2 Å². The molecular formula is C12H16N4O. The molecule has 5 heteroatoms. The van der Waals surface area contributed by atoms with Crippen molar-refractivity contribution >= 4 is 5.69 Å². The lowest BCUT2D eigenvalue weighted by Crippen LogP contribution is -2.08. The first-order valence-electron chi connectivity index (χ1n) is 5.45. The SMILES string of the molecule is CC(N)c1noc(-c2ccc(N(C)C)cc2)n1. The molecular weight excluding hydrogens is 216 g/mol. The van der Waals surface area contributed by atoms with Crippen LogP contribution in [0, 0.1) is 0 Å². The van der Waals surface area contributed by atoms with Gasteiger partial charge in [-0.1, -0.05) is 5.16 Å². The molecule has 2 N–H and O–H groups in total. The maximum atomic E-state index is 5.68. The van der Waals surface area contributed by atoms with Gasteiger partial charge in [0.2, 0.25) is 0 Å². The van der Waals surface area contributed by atoms with Crippen LogP contribution in [-0.2, 0) is 0 Å². The number of nitrogens with zero attached hydrogens (tertiary/aromatic N) is 3. The van der Waals surface area contributed by atoms with E-state index in [9.17, 15) is 0 Å². The van der Waals surface area contributed by atoms with E-state index < -0.39 is 0 Å². The van der Waals surface area contributed by atoms with Crippen molar-refractivity contribution in [2.75, 3.05) is 19.0 Å². The van der Waals surface area contributed by atoms with Crippen molar-refractivity contribution in [1.82, 2.24) is 10.1 Å². The molecule has 0 aliphatic heterocycles. The lowest BCUT2D eigenvalue weighted by atomic mass is 10.2. The number of hydrogen-bond donors (Lipinski definition) is 1. The van der Waals surface area contributed by atoms with Crippen molar-refractivity contribution in [2.24, 2.45) is 5.73 Å². The molecule has 1 aromatic heterocycles. The van der Waals surface area contributed by atoms with Gasteiger partial charge in [0.05, 0.1) is 6.04 Å². The number of rotatable bonds is 3. The van der Waals surface area contributed by atoms with E-state index in [2.05, 4.69) is 10.1 Å². The van der Waals surface area contributed by atoms with Gasteiger partial charge in [0.25, 0.3) is 5.89 Å². The summed E-state index contributed by atoms with van der Waals surface area (Å²) in [5.74, 6) is 1.03. The fourth-order valence-corrected chi connectivity index (χ4v) is 1.44. The predicted octanol–water partition coefficient (Wildman–Crippen LogP) is 1.82. The highest BCUT2D eigenvalue weighted by Gasteiger charge is 2.11. The smallest absolute Gasteiger partial charge is 0.257 e. The third-order valence-electron chi connectivity index (χ3n) is 2.48. The van der Waals surface area contributed by atoms with Gasteiger partial charge in [-0.25, -0.2) is 0 Å². The highest BCUT2D eigenvalue weighted by Crippen LogP contribution is 2.21. The summed E-state index contributed by atoms with van der Waals surface area (Å²) < 4.78 is 5.16. The van der Waals surface area contributed by atoms with Crippen LogP contribution in [0.5, 0.6) is 0 Å². The Morgan fingerprint density at radius 1 is 1.24 bits per heavy atom. The zero-order chi connectivity index (χ0) is 12.4. The zero-order valence-electron chi connectivity index (χ0n) is 10.2. The summed E-state index contributed by atoms with van der Waals surface area (Å²) in [5.41, 5.74) is 7.70. The molecule has 0 aliphatic carbocycles. The molecule has 1 unspecified atom stereocenters. The minimum absolute atomic E-state index is 0.214. The Bertz CT molecular complexity index is 487. The standard InChI is InChI=1S/C12H16N4O/c1-8(13)11-14-12(17-15-11)9-4-6-10(7-5-9)16(2)3/h4-8H,13H2,1-3H3. The fraction of sp³-hybridized carbons (Fsp3) is 0.333. The van der Waals surface area contributed by atoms with Gasteiger partial charge in [0.1, 0.15) is 0 Å². The van der Waals surface area contributed by atoms with Gasteiger partial charge in [-0.2, -0.15) is 4.98 Å². The molecule has 0 radical (unpaired) electrons. The summed E-state index contributed by atoms with van der Waals surface area (Å²) in [6.45, 7) is 1.82. The third-order valence-corrected chi connectivity index (χ3v) is 2.48. The van der Waals surface area contributed by atoms with Crippen LogP contribution in [0.1, 0.15) is 18.8 Å². The molecule has 2 rings (SSSR count). The van der Waals surface area contributed by atoms with Crippen molar-refractivity contribution < 1.29 is 4.52 Å². The quantitative estimate of drug-likeness (QED) is 0.874. The molecule has 1 aromatic carbocycles. The van der Waals surface area contributed by atoms with Gasteiger partial charge in [0, 0.05) is 25.3 Å². The Balaban J connectivity index is 2.27. The summed E-state index contributed by atoms with van der Waals surface area (Å²) in [7, 11) is 3.99. The zero-order valence-corrected chi connectivity index (χ0v) is 10.2. The number of anilines is 1.